The first-order valence-corrected chi connectivity index (χ1v) is 9.01. The first kappa shape index (κ1) is 19.1. The molecule has 0 bridgehead atoms. The molecule has 3 N–H and O–H groups in total. The lowest BCUT2D eigenvalue weighted by Crippen LogP contribution is -2.39. The first-order valence-electron chi connectivity index (χ1n) is 7.36. The summed E-state index contributed by atoms with van der Waals surface area (Å²) in [7, 11) is 1.78. The van der Waals surface area contributed by atoms with Gasteiger partial charge in [-0.1, -0.05) is 20.8 Å². The molecule has 1 aliphatic rings. The van der Waals surface area contributed by atoms with E-state index >= 15 is 0 Å². The van der Waals surface area contributed by atoms with Crippen molar-refractivity contribution in [3.63, 3.8) is 0 Å². The quantitative estimate of drug-likeness (QED) is 0.481. The topological polar surface area (TPSA) is 96.2 Å². The van der Waals surface area contributed by atoms with Crippen LogP contribution in [-0.2, 0) is 13.8 Å². The highest BCUT2D eigenvalue weighted by atomic mass is 31.2. The second-order valence-electron chi connectivity index (χ2n) is 6.04. The number of ether oxygens (including phenoxy) is 1. The molecule has 2 radical (unpaired) electrons. The van der Waals surface area contributed by atoms with Crippen LogP contribution in [0.1, 0.15) is 47.0 Å². The average molecular weight is 320 g/mol. The number of hydrogen-bond acceptors (Lipinski definition) is 5. The van der Waals surface area contributed by atoms with Crippen LogP contribution in [-0.4, -0.2) is 58.5 Å². The van der Waals surface area contributed by atoms with Crippen LogP contribution in [0, 0.1) is 0 Å². The lowest BCUT2D eigenvalue weighted by atomic mass is 9.90. The van der Waals surface area contributed by atoms with Crippen LogP contribution in [0.25, 0.3) is 0 Å². The zero-order valence-corrected chi connectivity index (χ0v) is 14.0. The molecule has 7 atom stereocenters. The highest BCUT2D eigenvalue weighted by Gasteiger charge is 2.45. The van der Waals surface area contributed by atoms with Crippen molar-refractivity contribution in [1.82, 2.24) is 0 Å². The molecule has 7 unspecified atom stereocenters. The van der Waals surface area contributed by atoms with Gasteiger partial charge in [-0.25, -0.2) is 0 Å². The van der Waals surface area contributed by atoms with E-state index < -0.39 is 43.2 Å². The second kappa shape index (κ2) is 7.11. The molecule has 8 heteroatoms. The molecule has 0 aromatic carbocycles. The number of rotatable bonds is 7. The summed E-state index contributed by atoms with van der Waals surface area (Å²) in [6.45, 7) is 7.01. The monoisotopic (exact) mass is 320 g/mol. The first-order chi connectivity index (χ1) is 9.56. The van der Waals surface area contributed by atoms with Gasteiger partial charge in [-0.3, -0.25) is 4.57 Å². The van der Waals surface area contributed by atoms with Crippen molar-refractivity contribution < 1.29 is 28.9 Å². The molecule has 1 fully saturated rings. The van der Waals surface area contributed by atoms with Crippen molar-refractivity contribution in [1.29, 1.82) is 0 Å². The van der Waals surface area contributed by atoms with Crippen molar-refractivity contribution in [2.24, 2.45) is 0 Å². The fraction of sp³-hybridized carbons (Fsp3) is 1.00. The predicted molar refractivity (Wildman–Crippen MR) is 80.4 cm³/mol. The third-order valence-electron chi connectivity index (χ3n) is 4.28. The summed E-state index contributed by atoms with van der Waals surface area (Å²) in [4.78, 5) is 10.0. The molecule has 6 nitrogen and oxygen atoms in total. The fourth-order valence-corrected chi connectivity index (χ4v) is 3.73. The molecule has 0 aromatic heterocycles. The van der Waals surface area contributed by atoms with E-state index in [0.29, 0.717) is 12.8 Å². The van der Waals surface area contributed by atoms with E-state index in [0.717, 1.165) is 0 Å². The summed E-state index contributed by atoms with van der Waals surface area (Å²) in [5.41, 5.74) is -1.41. The van der Waals surface area contributed by atoms with E-state index in [4.69, 9.17) is 17.1 Å². The third-order valence-corrected chi connectivity index (χ3v) is 6.46. The fourth-order valence-electron chi connectivity index (χ4n) is 2.25. The minimum atomic E-state index is -3.76. The maximum atomic E-state index is 12.3. The standard InChI is InChI=1S/C13H26BO6P/c1-5-8(3)21(17,18)20-13(4,6-2)7-9-10(15)11(16)12(14)19-9/h8-12,15-16H,5-7H2,1-4H3,(H,17,18). The van der Waals surface area contributed by atoms with Crippen LogP contribution in [0.4, 0.5) is 0 Å². The molecule has 21 heavy (non-hydrogen) atoms. The van der Waals surface area contributed by atoms with Gasteiger partial charge in [0, 0.05) is 12.4 Å². The lowest BCUT2D eigenvalue weighted by molar-refractivity contribution is -0.0371. The van der Waals surface area contributed by atoms with Gasteiger partial charge in [0.2, 0.25) is 0 Å². The number of aliphatic hydroxyl groups is 2. The van der Waals surface area contributed by atoms with Crippen molar-refractivity contribution in [2.45, 2.75) is 82.5 Å². The SMILES string of the molecule is [B]C1OC(CC(C)(CC)OP(=O)(O)C(C)CC)C(O)C1O. The Morgan fingerprint density at radius 3 is 2.33 bits per heavy atom. The molecule has 0 aliphatic carbocycles. The Bertz CT molecular complexity index is 395. The zero-order chi connectivity index (χ0) is 16.4. The number of hydrogen-bond donors (Lipinski definition) is 3. The number of aliphatic hydroxyl groups excluding tert-OH is 2. The summed E-state index contributed by atoms with van der Waals surface area (Å²) < 4.78 is 23.1. The maximum Gasteiger partial charge on any atom is 0.331 e. The van der Waals surface area contributed by atoms with Crippen LogP contribution in [0.15, 0.2) is 0 Å². The van der Waals surface area contributed by atoms with Gasteiger partial charge in [0.25, 0.3) is 0 Å². The molecule has 1 aliphatic heterocycles. The molecule has 1 rings (SSSR count). The van der Waals surface area contributed by atoms with Crippen LogP contribution in [0.5, 0.6) is 0 Å². The van der Waals surface area contributed by atoms with Crippen molar-refractivity contribution >= 4 is 15.4 Å². The van der Waals surface area contributed by atoms with E-state index in [1.807, 2.05) is 13.8 Å². The molecule has 0 aromatic rings. The Balaban J connectivity index is 2.79. The van der Waals surface area contributed by atoms with Crippen molar-refractivity contribution in [3.05, 3.63) is 0 Å². The van der Waals surface area contributed by atoms with E-state index in [1.54, 1.807) is 13.8 Å². The highest BCUT2D eigenvalue weighted by Crippen LogP contribution is 2.53. The largest absolute Gasteiger partial charge is 0.388 e. The van der Waals surface area contributed by atoms with Gasteiger partial charge in [0.05, 0.1) is 23.5 Å². The normalized spacial score (nSPS) is 36.9. The lowest BCUT2D eigenvalue weighted by Gasteiger charge is -2.35. The van der Waals surface area contributed by atoms with Gasteiger partial charge < -0.3 is 24.4 Å². The summed E-state index contributed by atoms with van der Waals surface area (Å²) in [6.07, 6.45) is -1.85. The Labute approximate surface area is 127 Å². The van der Waals surface area contributed by atoms with Crippen molar-refractivity contribution in [2.75, 3.05) is 0 Å². The Kier molecular flexibility index (Phi) is 6.48. The van der Waals surface area contributed by atoms with Crippen LogP contribution in [0.3, 0.4) is 0 Å². The van der Waals surface area contributed by atoms with Gasteiger partial charge in [-0.15, -0.1) is 0 Å². The molecule has 0 saturated carbocycles. The molecule has 0 spiro atoms. The summed E-state index contributed by atoms with van der Waals surface area (Å²) in [5, 5.41) is 19.5. The van der Waals surface area contributed by atoms with Crippen LogP contribution < -0.4 is 0 Å². The van der Waals surface area contributed by atoms with Gasteiger partial charge in [-0.05, 0) is 19.8 Å². The zero-order valence-electron chi connectivity index (χ0n) is 13.1. The van der Waals surface area contributed by atoms with E-state index in [2.05, 4.69) is 0 Å². The molecule has 0 amide bonds. The summed E-state index contributed by atoms with van der Waals surface area (Å²) in [5.74, 6) is 0. The van der Waals surface area contributed by atoms with Gasteiger partial charge in [0.15, 0.2) is 0 Å². The maximum absolute atomic E-state index is 12.3. The minimum Gasteiger partial charge on any atom is -0.388 e. The molecule has 122 valence electrons. The summed E-state index contributed by atoms with van der Waals surface area (Å²) >= 11 is 0. The Morgan fingerprint density at radius 1 is 1.38 bits per heavy atom. The second-order valence-corrected chi connectivity index (χ2v) is 8.23. The summed E-state index contributed by atoms with van der Waals surface area (Å²) in [6, 6.07) is -0.957. The van der Waals surface area contributed by atoms with E-state index in [9.17, 15) is 19.7 Å². The highest BCUT2D eigenvalue weighted by molar-refractivity contribution is 7.53. The van der Waals surface area contributed by atoms with Gasteiger partial charge in [0.1, 0.15) is 14.0 Å². The smallest absolute Gasteiger partial charge is 0.331 e. The van der Waals surface area contributed by atoms with E-state index in [-0.39, 0.29) is 6.42 Å². The average Bonchev–Trinajstić information content (AvgIpc) is 2.64. The molecule has 1 heterocycles. The molecular weight excluding hydrogens is 294 g/mol. The van der Waals surface area contributed by atoms with Crippen molar-refractivity contribution in [3.8, 4) is 0 Å². The minimum absolute atomic E-state index is 0.177. The molecule has 1 saturated heterocycles. The van der Waals surface area contributed by atoms with Gasteiger partial charge >= 0.3 is 7.60 Å². The molecular formula is C13H26BO6P. The van der Waals surface area contributed by atoms with Crippen LogP contribution in [0.2, 0.25) is 0 Å². The third kappa shape index (κ3) is 4.53. The van der Waals surface area contributed by atoms with Crippen LogP contribution >= 0.6 is 7.60 Å². The van der Waals surface area contributed by atoms with Gasteiger partial charge in [-0.2, -0.15) is 0 Å². The Hall–Kier alpha value is 0.0949. The predicted octanol–water partition coefficient (Wildman–Crippen LogP) is 1.16. The Morgan fingerprint density at radius 2 is 1.95 bits per heavy atom. The van der Waals surface area contributed by atoms with E-state index in [1.165, 1.54) is 0 Å².